The summed E-state index contributed by atoms with van der Waals surface area (Å²) in [5.41, 5.74) is 14.2. The molecule has 3 aromatic heterocycles. The van der Waals surface area contributed by atoms with Crippen LogP contribution in [0.5, 0.6) is 0 Å². The van der Waals surface area contributed by atoms with E-state index in [1.54, 1.807) is 0 Å². The first-order valence-corrected chi connectivity index (χ1v) is 20.4. The summed E-state index contributed by atoms with van der Waals surface area (Å²) in [5.74, 6) is 0. The van der Waals surface area contributed by atoms with E-state index in [1.165, 1.54) is 99.4 Å². The fourth-order valence-corrected chi connectivity index (χ4v) is 10.6. The third kappa shape index (κ3) is 4.48. The van der Waals surface area contributed by atoms with Crippen LogP contribution < -0.4 is 0 Å². The largest absolute Gasteiger partial charge is 0.309 e. The number of benzene rings is 8. The average molecular weight is 734 g/mol. The first-order valence-electron chi connectivity index (χ1n) is 20.4. The molecule has 0 atom stereocenters. The van der Waals surface area contributed by atoms with Gasteiger partial charge in [0.05, 0.1) is 33.1 Å². The SMILES string of the molecule is CC1(C)CCC(C)(C)c2c1ccc1c3cc4c(cc3n(-c3ccccc3)c21)c1c2ccccc2ccc1n4-c1ccc(-n2c3ccccc3c3ccccc32)cc1. The molecule has 0 fully saturated rings. The zero-order valence-electron chi connectivity index (χ0n) is 32.8. The molecule has 57 heavy (non-hydrogen) atoms. The maximum absolute atomic E-state index is 2.58. The van der Waals surface area contributed by atoms with Crippen LogP contribution in [0.15, 0.2) is 164 Å². The Kier molecular flexibility index (Phi) is 6.58. The number of para-hydroxylation sites is 3. The Hall–Kier alpha value is -6.58. The Balaban J connectivity index is 1.19. The Labute approximate surface area is 332 Å². The van der Waals surface area contributed by atoms with E-state index in [-0.39, 0.29) is 10.8 Å². The molecule has 0 unspecified atom stereocenters. The van der Waals surface area contributed by atoms with Crippen LogP contribution in [0.3, 0.4) is 0 Å². The number of hydrogen-bond donors (Lipinski definition) is 0. The van der Waals surface area contributed by atoms with Crippen LogP contribution in [0.2, 0.25) is 0 Å². The first kappa shape index (κ1) is 32.6. The molecule has 0 amide bonds. The van der Waals surface area contributed by atoms with Crippen LogP contribution in [0.1, 0.15) is 51.7 Å². The van der Waals surface area contributed by atoms with E-state index in [2.05, 4.69) is 205 Å². The van der Waals surface area contributed by atoms with Gasteiger partial charge in [-0.2, -0.15) is 0 Å². The van der Waals surface area contributed by atoms with E-state index in [0.717, 1.165) is 17.8 Å². The lowest BCUT2D eigenvalue weighted by Gasteiger charge is -2.42. The maximum atomic E-state index is 2.58. The Morgan fingerprint density at radius 1 is 0.368 bits per heavy atom. The van der Waals surface area contributed by atoms with E-state index >= 15 is 0 Å². The highest BCUT2D eigenvalue weighted by atomic mass is 15.0. The van der Waals surface area contributed by atoms with Gasteiger partial charge in [-0.1, -0.05) is 125 Å². The molecule has 8 aromatic carbocycles. The summed E-state index contributed by atoms with van der Waals surface area (Å²) < 4.78 is 7.49. The van der Waals surface area contributed by atoms with E-state index in [4.69, 9.17) is 0 Å². The Morgan fingerprint density at radius 2 is 0.912 bits per heavy atom. The average Bonchev–Trinajstić information content (AvgIpc) is 3.87. The van der Waals surface area contributed by atoms with Gasteiger partial charge in [0.25, 0.3) is 0 Å². The predicted octanol–water partition coefficient (Wildman–Crippen LogP) is 14.5. The van der Waals surface area contributed by atoms with Crippen LogP contribution in [-0.2, 0) is 10.8 Å². The molecule has 0 radical (unpaired) electrons. The monoisotopic (exact) mass is 733 g/mol. The van der Waals surface area contributed by atoms with Crippen molar-refractivity contribution in [1.29, 1.82) is 0 Å². The van der Waals surface area contributed by atoms with E-state index in [9.17, 15) is 0 Å². The van der Waals surface area contributed by atoms with Crippen LogP contribution >= 0.6 is 0 Å². The molecule has 1 aliphatic rings. The van der Waals surface area contributed by atoms with Gasteiger partial charge < -0.3 is 13.7 Å². The number of rotatable bonds is 3. The number of aromatic nitrogens is 3. The van der Waals surface area contributed by atoms with Crippen LogP contribution in [-0.4, -0.2) is 13.7 Å². The smallest absolute Gasteiger partial charge is 0.0581 e. The number of fused-ring (bicyclic) bond motifs is 13. The van der Waals surface area contributed by atoms with Crippen molar-refractivity contribution >= 4 is 76.2 Å². The third-order valence-electron chi connectivity index (χ3n) is 13.4. The van der Waals surface area contributed by atoms with Gasteiger partial charge in [-0.3, -0.25) is 0 Å². The van der Waals surface area contributed by atoms with Crippen molar-refractivity contribution in [2.24, 2.45) is 0 Å². The molecular weight excluding hydrogens is 691 g/mol. The molecule has 11 aromatic rings. The van der Waals surface area contributed by atoms with Crippen molar-refractivity contribution in [3.63, 3.8) is 0 Å². The summed E-state index contributed by atoms with van der Waals surface area (Å²) in [6, 6.07) is 61.1. The van der Waals surface area contributed by atoms with Gasteiger partial charge in [0.15, 0.2) is 0 Å². The molecule has 3 heterocycles. The Morgan fingerprint density at radius 3 is 1.61 bits per heavy atom. The summed E-state index contributed by atoms with van der Waals surface area (Å²) in [7, 11) is 0. The molecule has 3 nitrogen and oxygen atoms in total. The summed E-state index contributed by atoms with van der Waals surface area (Å²) >= 11 is 0. The minimum Gasteiger partial charge on any atom is -0.309 e. The molecule has 12 rings (SSSR count). The second-order valence-corrected chi connectivity index (χ2v) is 17.6. The van der Waals surface area contributed by atoms with Crippen molar-refractivity contribution in [2.75, 3.05) is 0 Å². The minimum atomic E-state index is 0.0426. The Bertz CT molecular complexity index is 3390. The molecule has 0 saturated heterocycles. The fraction of sp³-hybridized carbons (Fsp3) is 0.148. The molecule has 0 bridgehead atoms. The van der Waals surface area contributed by atoms with Gasteiger partial charge >= 0.3 is 0 Å². The lowest BCUT2D eigenvalue weighted by atomic mass is 9.62. The van der Waals surface area contributed by atoms with E-state index in [0.29, 0.717) is 0 Å². The number of nitrogens with zero attached hydrogens (tertiary/aromatic N) is 3. The number of hydrogen-bond acceptors (Lipinski definition) is 0. The van der Waals surface area contributed by atoms with E-state index < -0.39 is 0 Å². The van der Waals surface area contributed by atoms with Gasteiger partial charge in [0.1, 0.15) is 0 Å². The molecule has 274 valence electrons. The minimum absolute atomic E-state index is 0.0426. The second-order valence-electron chi connectivity index (χ2n) is 17.6. The van der Waals surface area contributed by atoms with Crippen molar-refractivity contribution < 1.29 is 0 Å². The zero-order valence-corrected chi connectivity index (χ0v) is 32.8. The molecule has 0 saturated carbocycles. The van der Waals surface area contributed by atoms with Crippen LogP contribution in [0, 0.1) is 0 Å². The fourth-order valence-electron chi connectivity index (χ4n) is 10.6. The van der Waals surface area contributed by atoms with Gasteiger partial charge in [-0.25, -0.2) is 0 Å². The van der Waals surface area contributed by atoms with Gasteiger partial charge in [-0.05, 0) is 112 Å². The normalized spacial score (nSPS) is 15.2. The van der Waals surface area contributed by atoms with Crippen LogP contribution in [0.25, 0.3) is 93.3 Å². The standard InChI is InChI=1S/C54H43N3/c1-53(2)30-31-54(3,4)51-44(53)28-27-41-42-32-49-43(33-48(42)57(52(41)51)35-15-6-5-7-16-35)50-38-17-9-8-14-34(38)22-29-47(50)56(49)37-25-23-36(24-26-37)55-45-20-12-10-18-39(45)40-19-11-13-21-46(40)55/h5-29,32-33H,30-31H2,1-4H3. The highest BCUT2D eigenvalue weighted by Crippen LogP contribution is 2.51. The van der Waals surface area contributed by atoms with Crippen molar-refractivity contribution in [3.05, 3.63) is 175 Å². The molecule has 1 aliphatic carbocycles. The molecule has 0 N–H and O–H groups in total. The van der Waals surface area contributed by atoms with Crippen molar-refractivity contribution in [3.8, 4) is 17.1 Å². The van der Waals surface area contributed by atoms with E-state index in [1.807, 2.05) is 0 Å². The molecule has 0 aliphatic heterocycles. The van der Waals surface area contributed by atoms with Gasteiger partial charge in [0.2, 0.25) is 0 Å². The van der Waals surface area contributed by atoms with Crippen LogP contribution in [0.4, 0.5) is 0 Å². The quantitative estimate of drug-likeness (QED) is 0.172. The highest BCUT2D eigenvalue weighted by Gasteiger charge is 2.39. The lowest BCUT2D eigenvalue weighted by Crippen LogP contribution is -2.34. The summed E-state index contributed by atoms with van der Waals surface area (Å²) in [4.78, 5) is 0. The summed E-state index contributed by atoms with van der Waals surface area (Å²) in [5, 5.41) is 10.3. The highest BCUT2D eigenvalue weighted by molar-refractivity contribution is 6.25. The summed E-state index contributed by atoms with van der Waals surface area (Å²) in [6.45, 7) is 9.79. The maximum Gasteiger partial charge on any atom is 0.0581 e. The van der Waals surface area contributed by atoms with Gasteiger partial charge in [0, 0.05) is 49.4 Å². The lowest BCUT2D eigenvalue weighted by molar-refractivity contribution is 0.334. The van der Waals surface area contributed by atoms with Gasteiger partial charge in [-0.15, -0.1) is 0 Å². The molecule has 0 spiro atoms. The molecule has 3 heteroatoms. The zero-order chi connectivity index (χ0) is 38.2. The summed E-state index contributed by atoms with van der Waals surface area (Å²) in [6.07, 6.45) is 2.35. The third-order valence-corrected chi connectivity index (χ3v) is 13.4. The van der Waals surface area contributed by atoms with Crippen molar-refractivity contribution in [2.45, 2.75) is 51.4 Å². The van der Waals surface area contributed by atoms with Crippen molar-refractivity contribution in [1.82, 2.24) is 13.7 Å². The molecular formula is C54H43N3. The first-order chi connectivity index (χ1) is 27.8. The predicted molar refractivity (Wildman–Crippen MR) is 242 cm³/mol. The second kappa shape index (κ2) is 11.5. The topological polar surface area (TPSA) is 14.8 Å².